The molecule has 25 heavy (non-hydrogen) atoms. The van der Waals surface area contributed by atoms with Crippen LogP contribution in [0.5, 0.6) is 0 Å². The maximum Gasteiger partial charge on any atom is 0.407 e. The second kappa shape index (κ2) is 8.01. The highest BCUT2D eigenvalue weighted by atomic mass is 35.5. The van der Waals surface area contributed by atoms with E-state index in [0.29, 0.717) is 6.54 Å². The van der Waals surface area contributed by atoms with Crippen LogP contribution in [0.25, 0.3) is 0 Å². The SMILES string of the molecule is CC(C)(C)NC(=O)OC1CCN(Cc2cccc([N+](=O)[O-])c2Cl)CC1. The lowest BCUT2D eigenvalue weighted by atomic mass is 10.1. The van der Waals surface area contributed by atoms with Crippen molar-refractivity contribution < 1.29 is 14.5 Å². The number of benzene rings is 1. The highest BCUT2D eigenvalue weighted by Gasteiger charge is 2.25. The van der Waals surface area contributed by atoms with Gasteiger partial charge in [-0.15, -0.1) is 0 Å². The summed E-state index contributed by atoms with van der Waals surface area (Å²) in [6, 6.07) is 4.85. The number of amides is 1. The first-order chi connectivity index (χ1) is 11.7. The molecule has 1 aliphatic heterocycles. The van der Waals surface area contributed by atoms with Crippen molar-refractivity contribution in [3.63, 3.8) is 0 Å². The molecule has 0 atom stereocenters. The number of alkyl carbamates (subject to hydrolysis) is 1. The lowest BCUT2D eigenvalue weighted by molar-refractivity contribution is -0.384. The van der Waals surface area contributed by atoms with E-state index >= 15 is 0 Å². The molecule has 1 fully saturated rings. The van der Waals surface area contributed by atoms with Crippen LogP contribution in [0, 0.1) is 10.1 Å². The smallest absolute Gasteiger partial charge is 0.407 e. The Morgan fingerprint density at radius 3 is 2.60 bits per heavy atom. The van der Waals surface area contributed by atoms with Gasteiger partial charge in [0.15, 0.2) is 0 Å². The molecule has 0 aromatic heterocycles. The lowest BCUT2D eigenvalue weighted by Gasteiger charge is -2.32. The van der Waals surface area contributed by atoms with E-state index in [9.17, 15) is 14.9 Å². The van der Waals surface area contributed by atoms with E-state index < -0.39 is 11.0 Å². The number of nitro benzene ring substituents is 1. The van der Waals surface area contributed by atoms with Crippen LogP contribution in [-0.2, 0) is 11.3 Å². The van der Waals surface area contributed by atoms with E-state index in [4.69, 9.17) is 16.3 Å². The lowest BCUT2D eigenvalue weighted by Crippen LogP contribution is -2.44. The summed E-state index contributed by atoms with van der Waals surface area (Å²) in [4.78, 5) is 24.5. The number of ether oxygens (including phenoxy) is 1. The molecular weight excluding hydrogens is 346 g/mol. The number of likely N-dealkylation sites (tertiary alicyclic amines) is 1. The van der Waals surface area contributed by atoms with Gasteiger partial charge in [0, 0.05) is 31.2 Å². The van der Waals surface area contributed by atoms with Crippen LogP contribution in [-0.4, -0.2) is 40.6 Å². The Morgan fingerprint density at radius 2 is 2.04 bits per heavy atom. The molecule has 1 N–H and O–H groups in total. The summed E-state index contributed by atoms with van der Waals surface area (Å²) in [5.41, 5.74) is 0.341. The maximum absolute atomic E-state index is 11.8. The van der Waals surface area contributed by atoms with Crippen LogP contribution in [0.15, 0.2) is 18.2 Å². The maximum atomic E-state index is 11.8. The van der Waals surface area contributed by atoms with Gasteiger partial charge in [0.25, 0.3) is 5.69 Å². The molecule has 0 unspecified atom stereocenters. The first-order valence-corrected chi connectivity index (χ1v) is 8.66. The van der Waals surface area contributed by atoms with Gasteiger partial charge in [0.1, 0.15) is 11.1 Å². The summed E-state index contributed by atoms with van der Waals surface area (Å²) in [7, 11) is 0. The number of nitrogens with zero attached hydrogens (tertiary/aromatic N) is 2. The van der Waals surface area contributed by atoms with Crippen LogP contribution in [0.3, 0.4) is 0 Å². The van der Waals surface area contributed by atoms with E-state index in [-0.39, 0.29) is 22.4 Å². The average molecular weight is 370 g/mol. The summed E-state index contributed by atoms with van der Waals surface area (Å²) >= 11 is 6.14. The van der Waals surface area contributed by atoms with Gasteiger partial charge in [-0.25, -0.2) is 4.79 Å². The highest BCUT2D eigenvalue weighted by Crippen LogP contribution is 2.29. The minimum Gasteiger partial charge on any atom is -0.446 e. The number of nitrogens with one attached hydrogen (secondary N) is 1. The molecule has 0 saturated carbocycles. The van der Waals surface area contributed by atoms with E-state index in [0.717, 1.165) is 31.5 Å². The number of carbonyl (C=O) groups excluding carboxylic acids is 1. The van der Waals surface area contributed by atoms with E-state index in [1.54, 1.807) is 12.1 Å². The second-order valence-electron chi connectivity index (χ2n) is 7.26. The monoisotopic (exact) mass is 369 g/mol. The predicted octanol–water partition coefficient (Wildman–Crippen LogP) is 3.74. The highest BCUT2D eigenvalue weighted by molar-refractivity contribution is 6.33. The fourth-order valence-electron chi connectivity index (χ4n) is 2.74. The molecule has 0 radical (unpaired) electrons. The van der Waals surface area contributed by atoms with E-state index in [1.807, 2.05) is 20.8 Å². The van der Waals surface area contributed by atoms with Crippen LogP contribution >= 0.6 is 11.6 Å². The quantitative estimate of drug-likeness (QED) is 0.645. The summed E-state index contributed by atoms with van der Waals surface area (Å²) in [5, 5.41) is 13.9. The normalized spacial score (nSPS) is 16.5. The van der Waals surface area contributed by atoms with Gasteiger partial charge in [-0.2, -0.15) is 0 Å². The molecule has 8 heteroatoms. The van der Waals surface area contributed by atoms with Crippen LogP contribution < -0.4 is 5.32 Å². The van der Waals surface area contributed by atoms with Crippen molar-refractivity contribution in [3.05, 3.63) is 38.9 Å². The standard InChI is InChI=1S/C17H24ClN3O4/c1-17(2,3)19-16(22)25-13-7-9-20(10-8-13)11-12-5-4-6-14(15(12)18)21(23)24/h4-6,13H,7-11H2,1-3H3,(H,19,22). The zero-order chi connectivity index (χ0) is 18.6. The number of halogens is 1. The van der Waals surface area contributed by atoms with Crippen molar-refractivity contribution in [2.75, 3.05) is 13.1 Å². The fraction of sp³-hybridized carbons (Fsp3) is 0.588. The molecule has 2 rings (SSSR count). The number of hydrogen-bond donors (Lipinski definition) is 1. The van der Waals surface area contributed by atoms with Crippen molar-refractivity contribution in [1.29, 1.82) is 0 Å². The second-order valence-corrected chi connectivity index (χ2v) is 7.64. The molecule has 0 bridgehead atoms. The first kappa shape index (κ1) is 19.5. The molecule has 0 aliphatic carbocycles. The predicted molar refractivity (Wildman–Crippen MR) is 95.8 cm³/mol. The molecule has 1 aromatic carbocycles. The van der Waals surface area contributed by atoms with Crippen molar-refractivity contribution in [3.8, 4) is 0 Å². The third-order valence-corrected chi connectivity index (χ3v) is 4.37. The van der Waals surface area contributed by atoms with E-state index in [1.165, 1.54) is 6.07 Å². The van der Waals surface area contributed by atoms with Crippen LogP contribution in [0.1, 0.15) is 39.2 Å². The Morgan fingerprint density at radius 1 is 1.40 bits per heavy atom. The summed E-state index contributed by atoms with van der Waals surface area (Å²) < 4.78 is 5.45. The average Bonchev–Trinajstić information content (AvgIpc) is 2.49. The van der Waals surface area contributed by atoms with Crippen LogP contribution in [0.4, 0.5) is 10.5 Å². The van der Waals surface area contributed by atoms with Crippen molar-refractivity contribution in [2.24, 2.45) is 0 Å². The zero-order valence-electron chi connectivity index (χ0n) is 14.8. The summed E-state index contributed by atoms with van der Waals surface area (Å²) in [5.74, 6) is 0. The van der Waals surface area contributed by atoms with Gasteiger partial charge >= 0.3 is 6.09 Å². The molecule has 1 heterocycles. The Labute approximate surface area is 152 Å². The minimum absolute atomic E-state index is 0.0729. The number of rotatable bonds is 4. The number of hydrogen-bond acceptors (Lipinski definition) is 5. The Hall–Kier alpha value is -1.86. The number of carbonyl (C=O) groups is 1. The molecular formula is C17H24ClN3O4. The van der Waals surface area contributed by atoms with Gasteiger partial charge in [0.05, 0.1) is 4.92 Å². The zero-order valence-corrected chi connectivity index (χ0v) is 15.5. The van der Waals surface area contributed by atoms with E-state index in [2.05, 4.69) is 10.2 Å². The first-order valence-electron chi connectivity index (χ1n) is 8.28. The van der Waals surface area contributed by atoms with Gasteiger partial charge in [-0.3, -0.25) is 15.0 Å². The van der Waals surface area contributed by atoms with Gasteiger partial charge in [0.2, 0.25) is 0 Å². The molecule has 1 amide bonds. The molecule has 138 valence electrons. The van der Waals surface area contributed by atoms with Crippen LogP contribution in [0.2, 0.25) is 5.02 Å². The Bertz CT molecular complexity index is 637. The minimum atomic E-state index is -0.472. The summed E-state index contributed by atoms with van der Waals surface area (Å²) in [6.45, 7) is 7.74. The van der Waals surface area contributed by atoms with Crippen molar-refractivity contribution in [1.82, 2.24) is 10.2 Å². The molecule has 1 saturated heterocycles. The fourth-order valence-corrected chi connectivity index (χ4v) is 3.00. The van der Waals surface area contributed by atoms with Gasteiger partial charge in [-0.1, -0.05) is 23.7 Å². The third-order valence-electron chi connectivity index (χ3n) is 3.93. The van der Waals surface area contributed by atoms with Gasteiger partial charge in [-0.05, 0) is 39.2 Å². The number of piperidine rings is 1. The largest absolute Gasteiger partial charge is 0.446 e. The number of nitro groups is 1. The summed E-state index contributed by atoms with van der Waals surface area (Å²) in [6.07, 6.45) is 0.945. The Balaban J connectivity index is 1.86. The Kier molecular flexibility index (Phi) is 6.24. The van der Waals surface area contributed by atoms with Gasteiger partial charge < -0.3 is 10.1 Å². The molecule has 7 nitrogen and oxygen atoms in total. The van der Waals surface area contributed by atoms with Crippen molar-refractivity contribution >= 4 is 23.4 Å². The molecule has 1 aromatic rings. The van der Waals surface area contributed by atoms with Crippen molar-refractivity contribution in [2.45, 2.75) is 51.8 Å². The molecule has 0 spiro atoms. The third kappa shape index (κ3) is 5.86. The topological polar surface area (TPSA) is 84.7 Å². The molecule has 1 aliphatic rings.